The SMILES string of the molecule is Cn1nnc(C2CN(C(=O)c3cc(C4CC4)[nH]n3)CCO2)n1. The van der Waals surface area contributed by atoms with E-state index in [-0.39, 0.29) is 12.0 Å². The summed E-state index contributed by atoms with van der Waals surface area (Å²) in [5.41, 5.74) is 1.53. The molecule has 0 spiro atoms. The van der Waals surface area contributed by atoms with Crippen molar-refractivity contribution in [3.8, 4) is 0 Å². The van der Waals surface area contributed by atoms with Crippen molar-refractivity contribution in [1.82, 2.24) is 35.3 Å². The monoisotopic (exact) mass is 303 g/mol. The summed E-state index contributed by atoms with van der Waals surface area (Å²) in [5, 5.41) is 19.0. The van der Waals surface area contributed by atoms with Crippen molar-refractivity contribution in [2.24, 2.45) is 7.05 Å². The van der Waals surface area contributed by atoms with Crippen LogP contribution >= 0.6 is 0 Å². The molecule has 2 fully saturated rings. The number of carbonyl (C=O) groups excluding carboxylic acids is 1. The van der Waals surface area contributed by atoms with Gasteiger partial charge in [0.15, 0.2) is 0 Å². The third-order valence-corrected chi connectivity index (χ3v) is 4.00. The van der Waals surface area contributed by atoms with Gasteiger partial charge in [-0.3, -0.25) is 9.89 Å². The second kappa shape index (κ2) is 5.16. The number of H-pyrrole nitrogens is 1. The second-order valence-electron chi connectivity index (χ2n) is 5.73. The first-order valence-electron chi connectivity index (χ1n) is 7.41. The zero-order valence-corrected chi connectivity index (χ0v) is 12.3. The van der Waals surface area contributed by atoms with Crippen molar-refractivity contribution >= 4 is 5.91 Å². The lowest BCUT2D eigenvalue weighted by Gasteiger charge is -2.30. The van der Waals surface area contributed by atoms with Crippen molar-refractivity contribution in [3.63, 3.8) is 0 Å². The molecule has 4 rings (SSSR count). The summed E-state index contributed by atoms with van der Waals surface area (Å²) in [5.74, 6) is 0.969. The van der Waals surface area contributed by atoms with Gasteiger partial charge in [-0.1, -0.05) is 0 Å². The van der Waals surface area contributed by atoms with E-state index in [1.807, 2.05) is 6.07 Å². The van der Waals surface area contributed by atoms with Crippen LogP contribution < -0.4 is 0 Å². The smallest absolute Gasteiger partial charge is 0.274 e. The number of rotatable bonds is 3. The van der Waals surface area contributed by atoms with Crippen LogP contribution in [0.2, 0.25) is 0 Å². The van der Waals surface area contributed by atoms with E-state index in [9.17, 15) is 4.79 Å². The van der Waals surface area contributed by atoms with Gasteiger partial charge in [0, 0.05) is 18.2 Å². The number of morpholine rings is 1. The Morgan fingerprint density at radius 1 is 1.45 bits per heavy atom. The highest BCUT2D eigenvalue weighted by molar-refractivity contribution is 5.92. The first-order chi connectivity index (χ1) is 10.7. The van der Waals surface area contributed by atoms with Crippen molar-refractivity contribution in [1.29, 1.82) is 0 Å². The predicted molar refractivity (Wildman–Crippen MR) is 74.0 cm³/mol. The predicted octanol–water partition coefficient (Wildman–Crippen LogP) is 0.0243. The lowest BCUT2D eigenvalue weighted by molar-refractivity contribution is -0.0271. The van der Waals surface area contributed by atoms with Crippen molar-refractivity contribution < 1.29 is 9.53 Å². The highest BCUT2D eigenvalue weighted by Gasteiger charge is 2.31. The van der Waals surface area contributed by atoms with Gasteiger partial charge in [-0.05, 0) is 24.1 Å². The minimum atomic E-state index is -0.340. The minimum Gasteiger partial charge on any atom is -0.366 e. The normalized spacial score (nSPS) is 22.0. The van der Waals surface area contributed by atoms with Crippen LogP contribution in [0, 0.1) is 0 Å². The zero-order valence-electron chi connectivity index (χ0n) is 12.3. The molecular formula is C13H17N7O2. The van der Waals surface area contributed by atoms with Gasteiger partial charge >= 0.3 is 0 Å². The van der Waals surface area contributed by atoms with Crippen LogP contribution in [-0.4, -0.2) is 60.9 Å². The Hall–Kier alpha value is -2.29. The van der Waals surface area contributed by atoms with Gasteiger partial charge in [-0.25, -0.2) is 0 Å². The van der Waals surface area contributed by atoms with Crippen LogP contribution in [0.5, 0.6) is 0 Å². The largest absolute Gasteiger partial charge is 0.366 e. The number of nitrogens with one attached hydrogen (secondary N) is 1. The standard InChI is InChI=1S/C13H17N7O2/c1-19-17-12(16-18-19)11-7-20(4-5-22-11)13(21)10-6-9(14-15-10)8-2-3-8/h6,8,11H,2-5,7H2,1H3,(H,14,15). The maximum absolute atomic E-state index is 12.6. The molecule has 1 aliphatic heterocycles. The second-order valence-corrected chi connectivity index (χ2v) is 5.73. The Labute approximate surface area is 126 Å². The molecule has 9 heteroatoms. The Morgan fingerprint density at radius 3 is 3.05 bits per heavy atom. The molecule has 1 N–H and O–H groups in total. The molecule has 2 aromatic heterocycles. The zero-order chi connectivity index (χ0) is 15.1. The van der Waals surface area contributed by atoms with Gasteiger partial charge in [0.05, 0.1) is 20.2 Å². The van der Waals surface area contributed by atoms with Gasteiger partial charge in [0.2, 0.25) is 5.82 Å². The van der Waals surface area contributed by atoms with E-state index in [0.29, 0.717) is 37.1 Å². The molecule has 2 aromatic rings. The molecule has 1 saturated carbocycles. The quantitative estimate of drug-likeness (QED) is 0.858. The maximum Gasteiger partial charge on any atom is 0.274 e. The van der Waals surface area contributed by atoms with E-state index in [1.54, 1.807) is 11.9 Å². The molecule has 1 atom stereocenters. The highest BCUT2D eigenvalue weighted by atomic mass is 16.5. The summed E-state index contributed by atoms with van der Waals surface area (Å²) in [6.45, 7) is 1.41. The Morgan fingerprint density at radius 2 is 2.32 bits per heavy atom. The molecule has 0 bridgehead atoms. The average Bonchev–Trinajstić information content (AvgIpc) is 3.10. The number of hydrogen-bond donors (Lipinski definition) is 1. The lowest BCUT2D eigenvalue weighted by atomic mass is 10.2. The van der Waals surface area contributed by atoms with Gasteiger partial charge in [-0.15, -0.1) is 10.2 Å². The number of tetrazole rings is 1. The summed E-state index contributed by atoms with van der Waals surface area (Å²) >= 11 is 0. The van der Waals surface area contributed by atoms with Crippen LogP contribution in [-0.2, 0) is 11.8 Å². The fourth-order valence-electron chi connectivity index (χ4n) is 2.63. The summed E-state index contributed by atoms with van der Waals surface area (Å²) < 4.78 is 5.65. The van der Waals surface area contributed by atoms with Gasteiger partial charge < -0.3 is 9.64 Å². The van der Waals surface area contributed by atoms with E-state index in [1.165, 1.54) is 17.6 Å². The lowest BCUT2D eigenvalue weighted by Crippen LogP contribution is -2.42. The van der Waals surface area contributed by atoms with E-state index >= 15 is 0 Å². The number of aromatic nitrogens is 6. The van der Waals surface area contributed by atoms with Gasteiger partial charge in [0.1, 0.15) is 11.8 Å². The molecule has 1 unspecified atom stereocenters. The van der Waals surface area contributed by atoms with Crippen LogP contribution in [0.1, 0.15) is 46.9 Å². The Bertz CT molecular complexity index is 690. The minimum absolute atomic E-state index is 0.0830. The average molecular weight is 303 g/mol. The third kappa shape index (κ3) is 2.47. The molecule has 2 aliphatic rings. The first-order valence-corrected chi connectivity index (χ1v) is 7.41. The molecule has 1 amide bonds. The molecule has 9 nitrogen and oxygen atoms in total. The fraction of sp³-hybridized carbons (Fsp3) is 0.615. The summed E-state index contributed by atoms with van der Waals surface area (Å²) in [6.07, 6.45) is 2.01. The summed E-state index contributed by atoms with van der Waals surface area (Å²) in [6, 6.07) is 1.87. The summed E-state index contributed by atoms with van der Waals surface area (Å²) in [7, 11) is 1.70. The highest BCUT2D eigenvalue weighted by Crippen LogP contribution is 2.39. The maximum atomic E-state index is 12.6. The number of carbonyl (C=O) groups is 1. The van der Waals surface area contributed by atoms with Crippen LogP contribution in [0.4, 0.5) is 0 Å². The van der Waals surface area contributed by atoms with Crippen molar-refractivity contribution in [2.75, 3.05) is 19.7 Å². The molecule has 0 aromatic carbocycles. The molecule has 116 valence electrons. The third-order valence-electron chi connectivity index (χ3n) is 4.00. The number of ether oxygens (including phenoxy) is 1. The molecular weight excluding hydrogens is 286 g/mol. The molecule has 22 heavy (non-hydrogen) atoms. The van der Waals surface area contributed by atoms with Crippen LogP contribution in [0.15, 0.2) is 6.07 Å². The van der Waals surface area contributed by atoms with E-state index in [2.05, 4.69) is 25.6 Å². The number of aryl methyl sites for hydroxylation is 1. The number of aromatic amines is 1. The number of hydrogen-bond acceptors (Lipinski definition) is 6. The fourth-order valence-corrected chi connectivity index (χ4v) is 2.63. The van der Waals surface area contributed by atoms with Gasteiger partial charge in [-0.2, -0.15) is 9.90 Å². The van der Waals surface area contributed by atoms with Gasteiger partial charge in [0.25, 0.3) is 5.91 Å². The molecule has 1 aliphatic carbocycles. The Balaban J connectivity index is 1.47. The van der Waals surface area contributed by atoms with E-state index in [0.717, 1.165) is 5.69 Å². The van der Waals surface area contributed by atoms with E-state index in [4.69, 9.17) is 4.74 Å². The molecule has 0 radical (unpaired) electrons. The number of amides is 1. The molecule has 3 heterocycles. The van der Waals surface area contributed by atoms with E-state index < -0.39 is 0 Å². The number of nitrogens with zero attached hydrogens (tertiary/aromatic N) is 6. The van der Waals surface area contributed by atoms with Crippen molar-refractivity contribution in [2.45, 2.75) is 24.9 Å². The summed E-state index contributed by atoms with van der Waals surface area (Å²) in [4.78, 5) is 15.7. The topological polar surface area (TPSA) is 102 Å². The van der Waals surface area contributed by atoms with Crippen molar-refractivity contribution in [3.05, 3.63) is 23.3 Å². The first kappa shape index (κ1) is 13.4. The molecule has 1 saturated heterocycles. The van der Waals surface area contributed by atoms with Crippen LogP contribution in [0.3, 0.4) is 0 Å². The Kier molecular flexibility index (Phi) is 3.14. The van der Waals surface area contributed by atoms with Crippen LogP contribution in [0.25, 0.3) is 0 Å².